The molecule has 0 bridgehead atoms. The number of hydrogen-bond acceptors (Lipinski definition) is 4. The topological polar surface area (TPSA) is 34.1 Å². The van der Waals surface area contributed by atoms with Gasteiger partial charge in [-0.25, -0.2) is 4.98 Å². The molecule has 2 aliphatic carbocycles. The van der Waals surface area contributed by atoms with Crippen LogP contribution in [0.2, 0.25) is 0 Å². The number of hydrogen-bond donors (Lipinski definition) is 1. The summed E-state index contributed by atoms with van der Waals surface area (Å²) < 4.78 is 5.93. The summed E-state index contributed by atoms with van der Waals surface area (Å²) >= 11 is 1.93. The van der Waals surface area contributed by atoms with Gasteiger partial charge in [0.05, 0.1) is 5.69 Å². The van der Waals surface area contributed by atoms with Crippen LogP contribution in [0.5, 0.6) is 0 Å². The van der Waals surface area contributed by atoms with Crippen molar-refractivity contribution in [2.45, 2.75) is 76.4 Å². The van der Waals surface area contributed by atoms with Crippen molar-refractivity contribution in [2.24, 2.45) is 0 Å². The van der Waals surface area contributed by atoms with Crippen molar-refractivity contribution in [3.63, 3.8) is 0 Å². The molecule has 21 heavy (non-hydrogen) atoms. The third-order valence-corrected chi connectivity index (χ3v) is 6.35. The van der Waals surface area contributed by atoms with E-state index in [0.29, 0.717) is 12.0 Å². The molecule has 3 rings (SSSR count). The summed E-state index contributed by atoms with van der Waals surface area (Å²) in [5, 5.41) is 4.85. The first-order valence-electron chi connectivity index (χ1n) is 8.43. The molecule has 1 atom stereocenters. The number of rotatable bonds is 5. The largest absolute Gasteiger partial charge is 0.371 e. The van der Waals surface area contributed by atoms with E-state index in [4.69, 9.17) is 9.72 Å². The molecule has 0 spiro atoms. The maximum absolute atomic E-state index is 5.93. The smallest absolute Gasteiger partial charge is 0.125 e. The average molecular weight is 308 g/mol. The van der Waals surface area contributed by atoms with E-state index in [1.807, 2.05) is 18.4 Å². The minimum Gasteiger partial charge on any atom is -0.371 e. The summed E-state index contributed by atoms with van der Waals surface area (Å²) in [4.78, 5) is 6.61. The molecular formula is C17H28N2OS. The van der Waals surface area contributed by atoms with E-state index in [-0.39, 0.29) is 5.60 Å². The number of nitrogens with one attached hydrogen (secondary N) is 1. The van der Waals surface area contributed by atoms with Crippen LogP contribution in [0, 0.1) is 0 Å². The molecule has 2 aliphatic rings. The SMILES string of the molecule is COC1(c2nc3c(s2)CCCC3CNC(C)C)CCCC1. The molecule has 1 fully saturated rings. The lowest BCUT2D eigenvalue weighted by Gasteiger charge is -2.25. The van der Waals surface area contributed by atoms with E-state index in [9.17, 15) is 0 Å². The van der Waals surface area contributed by atoms with Gasteiger partial charge in [-0.15, -0.1) is 11.3 Å². The third-order valence-electron chi connectivity index (χ3n) is 5.03. The van der Waals surface area contributed by atoms with Crippen molar-refractivity contribution in [1.29, 1.82) is 0 Å². The Morgan fingerprint density at radius 2 is 2.10 bits per heavy atom. The molecule has 118 valence electrons. The number of fused-ring (bicyclic) bond motifs is 1. The van der Waals surface area contributed by atoms with Crippen molar-refractivity contribution in [3.8, 4) is 0 Å². The van der Waals surface area contributed by atoms with Gasteiger partial charge < -0.3 is 10.1 Å². The van der Waals surface area contributed by atoms with Gasteiger partial charge in [-0.3, -0.25) is 0 Å². The molecule has 0 aliphatic heterocycles. The minimum atomic E-state index is -0.0714. The lowest BCUT2D eigenvalue weighted by Crippen LogP contribution is -2.30. The van der Waals surface area contributed by atoms with Crippen LogP contribution in [0.1, 0.15) is 73.9 Å². The van der Waals surface area contributed by atoms with Gasteiger partial charge in [0, 0.05) is 30.5 Å². The van der Waals surface area contributed by atoms with Crippen LogP contribution in [0.15, 0.2) is 0 Å². The first kappa shape index (κ1) is 15.4. The predicted molar refractivity (Wildman–Crippen MR) is 88.1 cm³/mol. The lowest BCUT2D eigenvalue weighted by molar-refractivity contribution is -0.00900. The monoisotopic (exact) mass is 308 g/mol. The van der Waals surface area contributed by atoms with E-state index in [1.54, 1.807) is 0 Å². The summed E-state index contributed by atoms with van der Waals surface area (Å²) in [5.41, 5.74) is 1.30. The molecule has 3 nitrogen and oxygen atoms in total. The Balaban J connectivity index is 1.83. The average Bonchev–Trinajstić information content (AvgIpc) is 3.11. The molecule has 1 aromatic rings. The van der Waals surface area contributed by atoms with E-state index in [2.05, 4.69) is 19.2 Å². The first-order chi connectivity index (χ1) is 10.1. The van der Waals surface area contributed by atoms with Gasteiger partial charge in [-0.2, -0.15) is 0 Å². The highest BCUT2D eigenvalue weighted by Gasteiger charge is 2.40. The van der Waals surface area contributed by atoms with Crippen LogP contribution in [-0.2, 0) is 16.8 Å². The van der Waals surface area contributed by atoms with E-state index in [0.717, 1.165) is 19.4 Å². The van der Waals surface area contributed by atoms with Gasteiger partial charge in [0.15, 0.2) is 0 Å². The highest BCUT2D eigenvalue weighted by molar-refractivity contribution is 7.11. The maximum Gasteiger partial charge on any atom is 0.125 e. The van der Waals surface area contributed by atoms with Crippen LogP contribution in [0.25, 0.3) is 0 Å². The van der Waals surface area contributed by atoms with Gasteiger partial charge in [-0.1, -0.05) is 26.7 Å². The number of nitrogens with zero attached hydrogens (tertiary/aromatic N) is 1. The normalized spacial score (nSPS) is 24.5. The van der Waals surface area contributed by atoms with E-state index >= 15 is 0 Å². The zero-order chi connectivity index (χ0) is 14.9. The molecule has 0 saturated heterocycles. The van der Waals surface area contributed by atoms with Crippen LogP contribution >= 0.6 is 11.3 Å². The number of thiazole rings is 1. The molecule has 1 heterocycles. The lowest BCUT2D eigenvalue weighted by atomic mass is 9.90. The van der Waals surface area contributed by atoms with Crippen LogP contribution in [0.4, 0.5) is 0 Å². The Morgan fingerprint density at radius 3 is 2.76 bits per heavy atom. The van der Waals surface area contributed by atoms with Gasteiger partial charge in [0.2, 0.25) is 0 Å². The molecular weight excluding hydrogens is 280 g/mol. The number of methoxy groups -OCH3 is 1. The van der Waals surface area contributed by atoms with Crippen LogP contribution in [-0.4, -0.2) is 24.7 Å². The predicted octanol–water partition coefficient (Wildman–Crippen LogP) is 3.98. The highest BCUT2D eigenvalue weighted by atomic mass is 32.1. The Hall–Kier alpha value is -0.450. The Kier molecular flexibility index (Phi) is 4.67. The molecule has 1 saturated carbocycles. The Labute approximate surface area is 132 Å². The highest BCUT2D eigenvalue weighted by Crippen LogP contribution is 2.46. The van der Waals surface area contributed by atoms with Crippen molar-refractivity contribution < 1.29 is 4.74 Å². The van der Waals surface area contributed by atoms with Crippen molar-refractivity contribution in [3.05, 3.63) is 15.6 Å². The maximum atomic E-state index is 5.93. The summed E-state index contributed by atoms with van der Waals surface area (Å²) in [5.74, 6) is 0.594. The Morgan fingerprint density at radius 1 is 1.33 bits per heavy atom. The molecule has 0 aromatic carbocycles. The van der Waals surface area contributed by atoms with Crippen molar-refractivity contribution in [2.75, 3.05) is 13.7 Å². The number of aromatic nitrogens is 1. The molecule has 1 aromatic heterocycles. The molecule has 1 unspecified atom stereocenters. The van der Waals surface area contributed by atoms with Gasteiger partial charge >= 0.3 is 0 Å². The fourth-order valence-corrected chi connectivity index (χ4v) is 5.14. The molecule has 0 amide bonds. The fraction of sp³-hybridized carbons (Fsp3) is 0.824. The standard InChI is InChI=1S/C17H28N2OS/c1-12(2)18-11-13-7-6-8-14-15(13)19-16(21-14)17(20-3)9-4-5-10-17/h12-13,18H,4-11H2,1-3H3. The summed E-state index contributed by atoms with van der Waals surface area (Å²) in [7, 11) is 1.86. The zero-order valence-corrected chi connectivity index (χ0v) is 14.4. The molecule has 1 N–H and O–H groups in total. The molecule has 0 radical (unpaired) electrons. The minimum absolute atomic E-state index is 0.0714. The quantitative estimate of drug-likeness (QED) is 0.893. The first-order valence-corrected chi connectivity index (χ1v) is 9.25. The summed E-state index contributed by atoms with van der Waals surface area (Å²) in [6.45, 7) is 5.50. The third kappa shape index (κ3) is 3.03. The van der Waals surface area contributed by atoms with E-state index < -0.39 is 0 Å². The van der Waals surface area contributed by atoms with Crippen molar-refractivity contribution in [1.82, 2.24) is 10.3 Å². The van der Waals surface area contributed by atoms with Crippen LogP contribution in [0.3, 0.4) is 0 Å². The number of aryl methyl sites for hydroxylation is 1. The Bertz CT molecular complexity index is 477. The van der Waals surface area contributed by atoms with Crippen LogP contribution < -0.4 is 5.32 Å². The van der Waals surface area contributed by atoms with E-state index in [1.165, 1.54) is 47.7 Å². The summed E-state index contributed by atoms with van der Waals surface area (Å²) in [6.07, 6.45) is 8.63. The van der Waals surface area contributed by atoms with Crippen molar-refractivity contribution >= 4 is 11.3 Å². The molecule has 4 heteroatoms. The van der Waals surface area contributed by atoms with Gasteiger partial charge in [0.1, 0.15) is 10.6 Å². The zero-order valence-electron chi connectivity index (χ0n) is 13.6. The number of ether oxygens (including phenoxy) is 1. The summed E-state index contributed by atoms with van der Waals surface area (Å²) in [6, 6.07) is 0.550. The second-order valence-corrected chi connectivity index (χ2v) is 7.97. The second-order valence-electron chi connectivity index (χ2n) is 6.89. The van der Waals surface area contributed by atoms with Gasteiger partial charge in [-0.05, 0) is 32.1 Å². The second kappa shape index (κ2) is 6.35. The fourth-order valence-electron chi connectivity index (χ4n) is 3.73. The van der Waals surface area contributed by atoms with Gasteiger partial charge in [0.25, 0.3) is 0 Å².